The summed E-state index contributed by atoms with van der Waals surface area (Å²) in [7, 11) is 0. The first-order valence-corrected chi connectivity index (χ1v) is 6.38. The van der Waals surface area contributed by atoms with E-state index in [2.05, 4.69) is 15.3 Å². The number of H-pyrrole nitrogens is 1. The molecule has 1 rings (SSSR count). The summed E-state index contributed by atoms with van der Waals surface area (Å²) < 4.78 is 0. The lowest BCUT2D eigenvalue weighted by Gasteiger charge is -2.12. The van der Waals surface area contributed by atoms with Crippen molar-refractivity contribution in [1.29, 1.82) is 0 Å². The van der Waals surface area contributed by atoms with E-state index < -0.39 is 5.69 Å². The molecule has 1 unspecified atom stereocenters. The van der Waals surface area contributed by atoms with Gasteiger partial charge >= 0.3 is 5.69 Å². The minimum Gasteiger partial charge on any atom is -0.396 e. The molecule has 0 radical (unpaired) electrons. The molecule has 3 N–H and O–H groups in total. The van der Waals surface area contributed by atoms with Crippen molar-refractivity contribution in [1.82, 2.24) is 15.3 Å². The molecular weight excluding hydrogens is 246 g/mol. The first-order chi connectivity index (χ1) is 8.93. The number of amides is 1. The molecule has 0 aliphatic heterocycles. The summed E-state index contributed by atoms with van der Waals surface area (Å²) in [6.45, 7) is 6.11. The average molecular weight is 267 g/mol. The Balaban J connectivity index is 2.60. The molecule has 1 aromatic heterocycles. The smallest absolute Gasteiger partial charge is 0.345 e. The van der Waals surface area contributed by atoms with Crippen molar-refractivity contribution in [2.24, 2.45) is 5.92 Å². The van der Waals surface area contributed by atoms with E-state index in [4.69, 9.17) is 5.11 Å². The molecule has 1 aromatic rings. The lowest BCUT2D eigenvalue weighted by molar-refractivity contribution is -0.120. The van der Waals surface area contributed by atoms with Crippen molar-refractivity contribution >= 4 is 5.91 Å². The molecule has 0 saturated carbocycles. The molecule has 0 aliphatic rings. The third kappa shape index (κ3) is 4.82. The molecule has 0 bridgehead atoms. The summed E-state index contributed by atoms with van der Waals surface area (Å²) in [6, 6.07) is 0. The number of aromatic amines is 1. The molecule has 0 aromatic carbocycles. The van der Waals surface area contributed by atoms with Crippen LogP contribution in [0.15, 0.2) is 4.79 Å². The number of aliphatic hydroxyl groups is 1. The fraction of sp³-hybridized carbons (Fsp3) is 0.615. The van der Waals surface area contributed by atoms with Gasteiger partial charge in [0, 0.05) is 30.1 Å². The number of rotatable bonds is 6. The van der Waals surface area contributed by atoms with Gasteiger partial charge in [0.15, 0.2) is 0 Å². The van der Waals surface area contributed by atoms with Crippen LogP contribution in [-0.2, 0) is 11.2 Å². The molecule has 0 spiro atoms. The molecule has 6 nitrogen and oxygen atoms in total. The second-order valence-corrected chi connectivity index (χ2v) is 4.83. The third-order valence-electron chi connectivity index (χ3n) is 3.06. The minimum absolute atomic E-state index is 0.107. The number of carbonyl (C=O) groups is 1. The van der Waals surface area contributed by atoms with Crippen LogP contribution in [0.25, 0.3) is 0 Å². The number of aromatic nitrogens is 2. The number of hydrogen-bond donors (Lipinski definition) is 3. The zero-order chi connectivity index (χ0) is 14.4. The van der Waals surface area contributed by atoms with Crippen molar-refractivity contribution < 1.29 is 9.90 Å². The molecule has 19 heavy (non-hydrogen) atoms. The number of aliphatic hydroxyl groups excluding tert-OH is 1. The Hall–Kier alpha value is -1.69. The highest BCUT2D eigenvalue weighted by Crippen LogP contribution is 2.07. The van der Waals surface area contributed by atoms with Crippen molar-refractivity contribution in [2.45, 2.75) is 33.6 Å². The van der Waals surface area contributed by atoms with E-state index in [-0.39, 0.29) is 24.9 Å². The van der Waals surface area contributed by atoms with Crippen LogP contribution < -0.4 is 11.0 Å². The van der Waals surface area contributed by atoms with Gasteiger partial charge in [0.1, 0.15) is 0 Å². The standard InChI is InChI=1S/C13H21N3O3/c1-8(4-5-17)7-14-12(18)6-11-9(2)15-13(19)16-10(11)3/h8,17H,4-7H2,1-3H3,(H,14,18)(H,15,16,19). The van der Waals surface area contributed by atoms with Gasteiger partial charge in [0.25, 0.3) is 0 Å². The highest BCUT2D eigenvalue weighted by Gasteiger charge is 2.11. The van der Waals surface area contributed by atoms with E-state index in [9.17, 15) is 9.59 Å². The first kappa shape index (κ1) is 15.4. The van der Waals surface area contributed by atoms with Gasteiger partial charge < -0.3 is 15.4 Å². The van der Waals surface area contributed by atoms with Crippen LogP contribution in [0.4, 0.5) is 0 Å². The van der Waals surface area contributed by atoms with Gasteiger partial charge in [0.2, 0.25) is 5.91 Å². The summed E-state index contributed by atoms with van der Waals surface area (Å²) in [5.74, 6) is 0.134. The number of nitrogens with zero attached hydrogens (tertiary/aromatic N) is 1. The van der Waals surface area contributed by atoms with Crippen LogP contribution in [0.1, 0.15) is 30.3 Å². The fourth-order valence-corrected chi connectivity index (χ4v) is 1.85. The molecule has 1 amide bonds. The third-order valence-corrected chi connectivity index (χ3v) is 3.06. The second-order valence-electron chi connectivity index (χ2n) is 4.83. The van der Waals surface area contributed by atoms with Crippen LogP contribution >= 0.6 is 0 Å². The second kappa shape index (κ2) is 7.04. The lowest BCUT2D eigenvalue weighted by Crippen LogP contribution is -2.31. The van der Waals surface area contributed by atoms with Gasteiger partial charge in [-0.1, -0.05) is 6.92 Å². The van der Waals surface area contributed by atoms with Crippen LogP contribution in [0, 0.1) is 19.8 Å². The number of hydrogen-bond acceptors (Lipinski definition) is 4. The molecular formula is C13H21N3O3. The Morgan fingerprint density at radius 1 is 1.47 bits per heavy atom. The molecule has 0 aliphatic carbocycles. The highest BCUT2D eigenvalue weighted by atomic mass is 16.3. The molecule has 6 heteroatoms. The number of carbonyl (C=O) groups excluding carboxylic acids is 1. The summed E-state index contributed by atoms with van der Waals surface area (Å²) in [5.41, 5.74) is 1.62. The van der Waals surface area contributed by atoms with E-state index in [1.807, 2.05) is 6.92 Å². The Morgan fingerprint density at radius 3 is 2.74 bits per heavy atom. The van der Waals surface area contributed by atoms with E-state index in [0.29, 0.717) is 24.4 Å². The number of nitrogens with one attached hydrogen (secondary N) is 2. The van der Waals surface area contributed by atoms with Crippen LogP contribution in [0.2, 0.25) is 0 Å². The zero-order valence-corrected chi connectivity index (χ0v) is 11.6. The maximum absolute atomic E-state index is 11.8. The average Bonchev–Trinajstić information content (AvgIpc) is 2.31. The lowest BCUT2D eigenvalue weighted by atomic mass is 10.1. The molecule has 0 fully saturated rings. The first-order valence-electron chi connectivity index (χ1n) is 6.38. The largest absolute Gasteiger partial charge is 0.396 e. The van der Waals surface area contributed by atoms with Crippen LogP contribution in [0.5, 0.6) is 0 Å². The van der Waals surface area contributed by atoms with Gasteiger partial charge in [-0.25, -0.2) is 4.79 Å². The van der Waals surface area contributed by atoms with E-state index in [1.165, 1.54) is 0 Å². The normalized spacial score (nSPS) is 12.2. The van der Waals surface area contributed by atoms with Crippen molar-refractivity contribution in [2.75, 3.05) is 13.2 Å². The molecule has 106 valence electrons. The molecule has 0 saturated heterocycles. The Labute approximate surface area is 112 Å². The fourth-order valence-electron chi connectivity index (χ4n) is 1.85. The Bertz CT molecular complexity index is 470. The van der Waals surface area contributed by atoms with Gasteiger partial charge in [-0.05, 0) is 26.2 Å². The predicted molar refractivity (Wildman–Crippen MR) is 71.9 cm³/mol. The topological polar surface area (TPSA) is 95.1 Å². The Kier molecular flexibility index (Phi) is 5.69. The summed E-state index contributed by atoms with van der Waals surface area (Å²) >= 11 is 0. The quantitative estimate of drug-likeness (QED) is 0.679. The van der Waals surface area contributed by atoms with E-state index >= 15 is 0 Å². The van der Waals surface area contributed by atoms with E-state index in [0.717, 1.165) is 5.56 Å². The predicted octanol–water partition coefficient (Wildman–Crippen LogP) is 0.0639. The summed E-state index contributed by atoms with van der Waals surface area (Å²) in [6.07, 6.45) is 0.867. The number of aryl methyl sites for hydroxylation is 2. The van der Waals surface area contributed by atoms with Crippen LogP contribution in [-0.4, -0.2) is 34.1 Å². The van der Waals surface area contributed by atoms with Gasteiger partial charge in [-0.15, -0.1) is 0 Å². The zero-order valence-electron chi connectivity index (χ0n) is 11.6. The summed E-state index contributed by atoms with van der Waals surface area (Å²) in [4.78, 5) is 29.3. The highest BCUT2D eigenvalue weighted by molar-refractivity contribution is 5.79. The van der Waals surface area contributed by atoms with Gasteiger partial charge in [-0.2, -0.15) is 4.98 Å². The molecule has 1 atom stereocenters. The van der Waals surface area contributed by atoms with Crippen LogP contribution in [0.3, 0.4) is 0 Å². The maximum Gasteiger partial charge on any atom is 0.345 e. The maximum atomic E-state index is 11.8. The summed E-state index contributed by atoms with van der Waals surface area (Å²) in [5, 5.41) is 11.6. The van der Waals surface area contributed by atoms with Gasteiger partial charge in [0.05, 0.1) is 6.42 Å². The Morgan fingerprint density at radius 2 is 2.16 bits per heavy atom. The van der Waals surface area contributed by atoms with Crippen molar-refractivity contribution in [3.63, 3.8) is 0 Å². The monoisotopic (exact) mass is 267 g/mol. The van der Waals surface area contributed by atoms with E-state index in [1.54, 1.807) is 13.8 Å². The minimum atomic E-state index is -0.393. The SMILES string of the molecule is Cc1nc(=O)[nH]c(C)c1CC(=O)NCC(C)CCO. The van der Waals surface area contributed by atoms with Crippen molar-refractivity contribution in [3.05, 3.63) is 27.4 Å². The van der Waals surface area contributed by atoms with Gasteiger partial charge in [-0.3, -0.25) is 4.79 Å². The van der Waals surface area contributed by atoms with Crippen molar-refractivity contribution in [3.8, 4) is 0 Å². The molecule has 1 heterocycles.